The van der Waals surface area contributed by atoms with Crippen molar-refractivity contribution < 1.29 is 13.2 Å². The van der Waals surface area contributed by atoms with Crippen molar-refractivity contribution in [1.82, 2.24) is 4.90 Å². The molecule has 1 amide bonds. The number of halogens is 1. The Morgan fingerprint density at radius 1 is 1.42 bits per heavy atom. The summed E-state index contributed by atoms with van der Waals surface area (Å²) < 4.78 is 22.9. The molecule has 0 radical (unpaired) electrons. The molecule has 0 aromatic heterocycles. The van der Waals surface area contributed by atoms with Crippen LogP contribution in [0.25, 0.3) is 0 Å². The summed E-state index contributed by atoms with van der Waals surface area (Å²) in [6, 6.07) is 7.20. The van der Waals surface area contributed by atoms with Crippen molar-refractivity contribution in [2.24, 2.45) is 0 Å². The molecule has 0 spiro atoms. The maximum atomic E-state index is 12.1. The fourth-order valence-corrected chi connectivity index (χ4v) is 3.41. The Balaban J connectivity index is 2.01. The standard InChI is InChI=1S/C13H16ClNO3S/c1-19(17,18)11-6-7-15(9-11)13(16)8-10-4-2-3-5-12(10)14/h2-5,11H,6-9H2,1H3/t11-/m0/s1. The van der Waals surface area contributed by atoms with Crippen LogP contribution in [0.4, 0.5) is 0 Å². The predicted molar refractivity (Wildman–Crippen MR) is 75.0 cm³/mol. The lowest BCUT2D eigenvalue weighted by Gasteiger charge is -2.16. The molecule has 0 bridgehead atoms. The highest BCUT2D eigenvalue weighted by Crippen LogP contribution is 2.20. The van der Waals surface area contributed by atoms with Crippen molar-refractivity contribution in [3.05, 3.63) is 34.9 Å². The van der Waals surface area contributed by atoms with Crippen LogP contribution in [0.5, 0.6) is 0 Å². The van der Waals surface area contributed by atoms with E-state index >= 15 is 0 Å². The highest BCUT2D eigenvalue weighted by Gasteiger charge is 2.32. The van der Waals surface area contributed by atoms with E-state index in [1.54, 1.807) is 11.0 Å². The van der Waals surface area contributed by atoms with Crippen LogP contribution in [-0.2, 0) is 21.1 Å². The van der Waals surface area contributed by atoms with Gasteiger partial charge in [0.25, 0.3) is 0 Å². The van der Waals surface area contributed by atoms with Gasteiger partial charge in [-0.15, -0.1) is 0 Å². The zero-order chi connectivity index (χ0) is 14.0. The summed E-state index contributed by atoms with van der Waals surface area (Å²) in [5.74, 6) is -0.0701. The molecular weight excluding hydrogens is 286 g/mol. The minimum atomic E-state index is -3.07. The van der Waals surface area contributed by atoms with Crippen LogP contribution >= 0.6 is 11.6 Å². The smallest absolute Gasteiger partial charge is 0.227 e. The van der Waals surface area contributed by atoms with Crippen LogP contribution in [0.1, 0.15) is 12.0 Å². The Hall–Kier alpha value is -1.07. The molecule has 1 aliphatic heterocycles. The summed E-state index contributed by atoms with van der Waals surface area (Å²) in [5, 5.41) is 0.136. The average Bonchev–Trinajstić information content (AvgIpc) is 2.81. The van der Waals surface area contributed by atoms with E-state index in [9.17, 15) is 13.2 Å². The lowest BCUT2D eigenvalue weighted by molar-refractivity contribution is -0.129. The van der Waals surface area contributed by atoms with Gasteiger partial charge in [0.05, 0.1) is 11.7 Å². The SMILES string of the molecule is CS(=O)(=O)[C@H]1CCN(C(=O)Cc2ccccc2Cl)C1. The second-order valence-electron chi connectivity index (χ2n) is 4.85. The first kappa shape index (κ1) is 14.3. The number of rotatable bonds is 3. The molecule has 1 heterocycles. The molecule has 0 N–H and O–H groups in total. The second-order valence-corrected chi connectivity index (χ2v) is 7.58. The predicted octanol–water partition coefficient (Wildman–Crippen LogP) is 1.53. The van der Waals surface area contributed by atoms with Gasteiger partial charge in [-0.3, -0.25) is 4.79 Å². The van der Waals surface area contributed by atoms with Crippen LogP contribution in [0.2, 0.25) is 5.02 Å². The van der Waals surface area contributed by atoms with Crippen molar-refractivity contribution in [2.75, 3.05) is 19.3 Å². The molecule has 1 aromatic rings. The maximum absolute atomic E-state index is 12.1. The van der Waals surface area contributed by atoms with E-state index in [2.05, 4.69) is 0 Å². The summed E-state index contributed by atoms with van der Waals surface area (Å²) in [5.41, 5.74) is 0.775. The molecule has 0 saturated carbocycles. The Kier molecular flexibility index (Phi) is 4.16. The first-order chi connectivity index (χ1) is 8.88. The maximum Gasteiger partial charge on any atom is 0.227 e. The number of hydrogen-bond donors (Lipinski definition) is 0. The van der Waals surface area contributed by atoms with E-state index in [1.165, 1.54) is 6.26 Å². The van der Waals surface area contributed by atoms with Crippen molar-refractivity contribution in [1.29, 1.82) is 0 Å². The molecule has 0 unspecified atom stereocenters. The third-order valence-electron chi connectivity index (χ3n) is 3.40. The van der Waals surface area contributed by atoms with Gasteiger partial charge in [-0.05, 0) is 18.1 Å². The van der Waals surface area contributed by atoms with Crippen molar-refractivity contribution in [3.63, 3.8) is 0 Å². The van der Waals surface area contributed by atoms with Gasteiger partial charge in [0.15, 0.2) is 9.84 Å². The van der Waals surface area contributed by atoms with E-state index in [0.717, 1.165) is 5.56 Å². The van der Waals surface area contributed by atoms with Gasteiger partial charge in [-0.1, -0.05) is 29.8 Å². The van der Waals surface area contributed by atoms with Gasteiger partial charge in [0, 0.05) is 24.4 Å². The molecule has 1 aliphatic rings. The van der Waals surface area contributed by atoms with E-state index in [1.807, 2.05) is 18.2 Å². The molecule has 1 fully saturated rings. The number of carbonyl (C=O) groups excluding carboxylic acids is 1. The monoisotopic (exact) mass is 301 g/mol. The molecule has 19 heavy (non-hydrogen) atoms. The molecule has 1 saturated heterocycles. The molecular formula is C13H16ClNO3S. The summed E-state index contributed by atoms with van der Waals surface area (Å²) in [7, 11) is -3.07. The van der Waals surface area contributed by atoms with E-state index in [-0.39, 0.29) is 12.3 Å². The largest absolute Gasteiger partial charge is 0.341 e. The van der Waals surface area contributed by atoms with Crippen molar-refractivity contribution in [2.45, 2.75) is 18.1 Å². The van der Waals surface area contributed by atoms with Crippen LogP contribution in [0.3, 0.4) is 0 Å². The minimum absolute atomic E-state index is 0.0701. The average molecular weight is 302 g/mol. The zero-order valence-corrected chi connectivity index (χ0v) is 12.2. The van der Waals surface area contributed by atoms with E-state index in [0.29, 0.717) is 24.5 Å². The molecule has 2 rings (SSSR count). The lowest BCUT2D eigenvalue weighted by atomic mass is 10.1. The Labute approximate surface area is 118 Å². The quantitative estimate of drug-likeness (QED) is 0.851. The van der Waals surface area contributed by atoms with Gasteiger partial charge in [0.1, 0.15) is 0 Å². The first-order valence-electron chi connectivity index (χ1n) is 6.08. The fraction of sp³-hybridized carbons (Fsp3) is 0.462. The van der Waals surface area contributed by atoms with Gasteiger partial charge >= 0.3 is 0 Å². The van der Waals surface area contributed by atoms with Crippen LogP contribution in [0.15, 0.2) is 24.3 Å². The molecule has 4 nitrogen and oxygen atoms in total. The third-order valence-corrected chi connectivity index (χ3v) is 5.37. The number of hydrogen-bond acceptors (Lipinski definition) is 3. The molecule has 0 aliphatic carbocycles. The molecule has 104 valence electrons. The number of amides is 1. The number of benzene rings is 1. The van der Waals surface area contributed by atoms with E-state index in [4.69, 9.17) is 11.6 Å². The lowest BCUT2D eigenvalue weighted by Crippen LogP contribution is -2.32. The molecule has 1 atom stereocenters. The number of likely N-dealkylation sites (tertiary alicyclic amines) is 1. The fourth-order valence-electron chi connectivity index (χ4n) is 2.22. The van der Waals surface area contributed by atoms with Crippen molar-refractivity contribution >= 4 is 27.3 Å². The number of carbonyl (C=O) groups is 1. The van der Waals surface area contributed by atoms with Crippen LogP contribution in [-0.4, -0.2) is 43.8 Å². The minimum Gasteiger partial charge on any atom is -0.341 e. The Bertz CT molecular complexity index is 585. The van der Waals surface area contributed by atoms with Crippen molar-refractivity contribution in [3.8, 4) is 0 Å². The third kappa shape index (κ3) is 3.48. The van der Waals surface area contributed by atoms with Gasteiger partial charge < -0.3 is 4.90 Å². The first-order valence-corrected chi connectivity index (χ1v) is 8.41. The van der Waals surface area contributed by atoms with Gasteiger partial charge in [-0.25, -0.2) is 8.42 Å². The van der Waals surface area contributed by atoms with Crippen LogP contribution in [0, 0.1) is 0 Å². The molecule has 6 heteroatoms. The Morgan fingerprint density at radius 3 is 2.68 bits per heavy atom. The van der Waals surface area contributed by atoms with Crippen LogP contribution < -0.4 is 0 Å². The number of sulfone groups is 1. The number of nitrogens with zero attached hydrogens (tertiary/aromatic N) is 1. The summed E-state index contributed by atoms with van der Waals surface area (Å²) in [4.78, 5) is 13.7. The van der Waals surface area contributed by atoms with Gasteiger partial charge in [-0.2, -0.15) is 0 Å². The normalized spacial score (nSPS) is 19.7. The highest BCUT2D eigenvalue weighted by atomic mass is 35.5. The van der Waals surface area contributed by atoms with Gasteiger partial charge in [0.2, 0.25) is 5.91 Å². The Morgan fingerprint density at radius 2 is 2.11 bits per heavy atom. The topological polar surface area (TPSA) is 54.5 Å². The highest BCUT2D eigenvalue weighted by molar-refractivity contribution is 7.91. The summed E-state index contributed by atoms with van der Waals surface area (Å²) >= 11 is 6.01. The summed E-state index contributed by atoms with van der Waals surface area (Å²) in [6.07, 6.45) is 1.96. The molecule has 1 aromatic carbocycles. The second kappa shape index (κ2) is 5.51. The summed E-state index contributed by atoms with van der Waals surface area (Å²) in [6.45, 7) is 0.795. The van der Waals surface area contributed by atoms with E-state index < -0.39 is 15.1 Å². The zero-order valence-electron chi connectivity index (χ0n) is 10.7.